The van der Waals surface area contributed by atoms with Crippen LogP contribution in [0.1, 0.15) is 5.56 Å². The number of aromatic nitrogens is 1. The molecule has 0 bridgehead atoms. The Balaban J connectivity index is 2.38. The maximum atomic E-state index is 13.7. The van der Waals surface area contributed by atoms with Crippen molar-refractivity contribution in [3.05, 3.63) is 46.9 Å². The number of sulfone groups is 1. The van der Waals surface area contributed by atoms with Crippen LogP contribution in [0.15, 0.2) is 30.5 Å². The van der Waals surface area contributed by atoms with Gasteiger partial charge >= 0.3 is 0 Å². The van der Waals surface area contributed by atoms with Crippen LogP contribution in [-0.2, 0) is 15.6 Å². The number of phenolic OH excluding ortho intramolecular Hbond substituents is 1. The predicted octanol–water partition coefficient (Wildman–Crippen LogP) is 2.79. The van der Waals surface area contributed by atoms with Gasteiger partial charge in [0.2, 0.25) is 0 Å². The Morgan fingerprint density at radius 2 is 2.05 bits per heavy atom. The lowest BCUT2D eigenvalue weighted by molar-refractivity contribution is 0.469. The van der Waals surface area contributed by atoms with Crippen molar-refractivity contribution in [3.63, 3.8) is 0 Å². The molecule has 0 saturated heterocycles. The maximum Gasteiger partial charge on any atom is 0.151 e. The molecule has 0 atom stereocenters. The van der Waals surface area contributed by atoms with Crippen molar-refractivity contribution in [2.75, 3.05) is 6.26 Å². The van der Waals surface area contributed by atoms with Gasteiger partial charge in [-0.1, -0.05) is 17.7 Å². The zero-order valence-electron chi connectivity index (χ0n) is 10.5. The Kier molecular flexibility index (Phi) is 3.96. The zero-order valence-corrected chi connectivity index (χ0v) is 12.0. The third kappa shape index (κ3) is 3.46. The molecule has 0 aliphatic heterocycles. The highest BCUT2D eigenvalue weighted by Crippen LogP contribution is 2.31. The van der Waals surface area contributed by atoms with Gasteiger partial charge in [0.15, 0.2) is 9.84 Å². The van der Waals surface area contributed by atoms with Crippen LogP contribution in [0.3, 0.4) is 0 Å². The fourth-order valence-electron chi connectivity index (χ4n) is 1.70. The lowest BCUT2D eigenvalue weighted by Crippen LogP contribution is -2.01. The molecular weight excluding hydrogens is 305 g/mol. The van der Waals surface area contributed by atoms with Crippen molar-refractivity contribution >= 4 is 21.4 Å². The van der Waals surface area contributed by atoms with Crippen LogP contribution in [0.4, 0.5) is 4.39 Å². The van der Waals surface area contributed by atoms with E-state index in [-0.39, 0.29) is 22.1 Å². The summed E-state index contributed by atoms with van der Waals surface area (Å²) >= 11 is 5.73. The van der Waals surface area contributed by atoms with Gasteiger partial charge in [-0.2, -0.15) is 0 Å². The number of pyridine rings is 1. The minimum Gasteiger partial charge on any atom is -0.506 e. The number of phenols is 1. The molecule has 0 radical (unpaired) electrons. The van der Waals surface area contributed by atoms with E-state index in [2.05, 4.69) is 4.98 Å². The number of halogens is 2. The second kappa shape index (κ2) is 5.38. The Morgan fingerprint density at radius 3 is 2.60 bits per heavy atom. The molecule has 1 N–H and O–H groups in total. The summed E-state index contributed by atoms with van der Waals surface area (Å²) in [6.45, 7) is 0. The average molecular weight is 316 g/mol. The highest BCUT2D eigenvalue weighted by Gasteiger charge is 2.12. The van der Waals surface area contributed by atoms with Gasteiger partial charge in [0.25, 0.3) is 0 Å². The molecule has 0 unspecified atom stereocenters. The Labute approximate surface area is 120 Å². The van der Waals surface area contributed by atoms with E-state index < -0.39 is 15.7 Å². The van der Waals surface area contributed by atoms with Gasteiger partial charge in [-0.05, 0) is 17.7 Å². The normalized spacial score (nSPS) is 11.6. The van der Waals surface area contributed by atoms with Crippen molar-refractivity contribution in [3.8, 4) is 17.0 Å². The summed E-state index contributed by atoms with van der Waals surface area (Å²) in [5.41, 5.74) is 0.960. The van der Waals surface area contributed by atoms with E-state index in [0.29, 0.717) is 11.3 Å². The third-order valence-electron chi connectivity index (χ3n) is 2.57. The van der Waals surface area contributed by atoms with Crippen LogP contribution >= 0.6 is 11.6 Å². The Bertz CT molecular complexity index is 745. The van der Waals surface area contributed by atoms with E-state index in [1.807, 2.05) is 0 Å². The number of hydrogen-bond donors (Lipinski definition) is 1. The van der Waals surface area contributed by atoms with Crippen molar-refractivity contribution in [1.82, 2.24) is 4.98 Å². The number of hydrogen-bond acceptors (Lipinski definition) is 4. The summed E-state index contributed by atoms with van der Waals surface area (Å²) in [7, 11) is -3.14. The van der Waals surface area contributed by atoms with Gasteiger partial charge < -0.3 is 5.11 Å². The SMILES string of the molecule is CS(=O)(=O)Cc1ccc(-c2cc(Cl)c(O)cc2F)nc1. The lowest BCUT2D eigenvalue weighted by Gasteiger charge is -2.06. The van der Waals surface area contributed by atoms with Crippen molar-refractivity contribution in [1.29, 1.82) is 0 Å². The largest absolute Gasteiger partial charge is 0.506 e. The molecule has 2 rings (SSSR count). The van der Waals surface area contributed by atoms with Crippen LogP contribution in [0.25, 0.3) is 11.3 Å². The summed E-state index contributed by atoms with van der Waals surface area (Å²) < 4.78 is 36.1. The number of benzene rings is 1. The lowest BCUT2D eigenvalue weighted by atomic mass is 10.1. The number of rotatable bonds is 3. The van der Waals surface area contributed by atoms with Gasteiger partial charge in [-0.25, -0.2) is 12.8 Å². The first-order valence-corrected chi connectivity index (χ1v) is 8.01. The molecule has 20 heavy (non-hydrogen) atoms. The summed E-state index contributed by atoms with van der Waals surface area (Å²) in [6, 6.07) is 5.24. The fourth-order valence-corrected chi connectivity index (χ4v) is 2.64. The maximum absolute atomic E-state index is 13.7. The first kappa shape index (κ1) is 14.7. The highest BCUT2D eigenvalue weighted by molar-refractivity contribution is 7.89. The molecular formula is C13H11ClFNO3S. The summed E-state index contributed by atoms with van der Waals surface area (Å²) in [5, 5.41) is 9.30. The smallest absolute Gasteiger partial charge is 0.151 e. The van der Waals surface area contributed by atoms with Gasteiger partial charge in [-0.3, -0.25) is 4.98 Å². The molecule has 1 aromatic heterocycles. The monoisotopic (exact) mass is 315 g/mol. The molecule has 0 saturated carbocycles. The molecule has 2 aromatic rings. The van der Waals surface area contributed by atoms with Gasteiger partial charge in [0.1, 0.15) is 11.6 Å². The zero-order chi connectivity index (χ0) is 14.9. The molecule has 1 aromatic carbocycles. The van der Waals surface area contributed by atoms with Crippen LogP contribution in [0.2, 0.25) is 5.02 Å². The standard InChI is InChI=1S/C13H11ClFNO3S/c1-20(18,19)7-8-2-3-12(16-6-8)9-4-10(14)13(17)5-11(9)15/h2-6,17H,7H2,1H3. The minimum atomic E-state index is -3.14. The van der Waals surface area contributed by atoms with E-state index in [9.17, 15) is 17.9 Å². The van der Waals surface area contributed by atoms with Crippen molar-refractivity contribution in [2.24, 2.45) is 0 Å². The minimum absolute atomic E-state index is 0.0170. The summed E-state index contributed by atoms with van der Waals surface area (Å²) in [5.74, 6) is -1.13. The predicted molar refractivity (Wildman–Crippen MR) is 74.9 cm³/mol. The van der Waals surface area contributed by atoms with Gasteiger partial charge in [0, 0.05) is 24.1 Å². The first-order chi connectivity index (χ1) is 9.26. The second-order valence-corrected chi connectivity index (χ2v) is 6.95. The van der Waals surface area contributed by atoms with E-state index in [1.54, 1.807) is 6.07 Å². The van der Waals surface area contributed by atoms with E-state index in [0.717, 1.165) is 12.3 Å². The molecule has 0 spiro atoms. The summed E-state index contributed by atoms with van der Waals surface area (Å²) in [4.78, 5) is 4.02. The highest BCUT2D eigenvalue weighted by atomic mass is 35.5. The second-order valence-electron chi connectivity index (χ2n) is 4.41. The van der Waals surface area contributed by atoms with E-state index >= 15 is 0 Å². The molecule has 0 fully saturated rings. The van der Waals surface area contributed by atoms with Crippen molar-refractivity contribution in [2.45, 2.75) is 5.75 Å². The fraction of sp³-hybridized carbons (Fsp3) is 0.154. The topological polar surface area (TPSA) is 67.3 Å². The van der Waals surface area contributed by atoms with Crippen LogP contribution in [0.5, 0.6) is 5.75 Å². The van der Waals surface area contributed by atoms with E-state index in [1.165, 1.54) is 18.3 Å². The number of aromatic hydroxyl groups is 1. The van der Waals surface area contributed by atoms with Crippen LogP contribution in [-0.4, -0.2) is 24.8 Å². The summed E-state index contributed by atoms with van der Waals surface area (Å²) in [6.07, 6.45) is 2.50. The average Bonchev–Trinajstić information content (AvgIpc) is 2.33. The molecule has 0 aliphatic rings. The van der Waals surface area contributed by atoms with E-state index in [4.69, 9.17) is 11.6 Å². The Hall–Kier alpha value is -1.66. The molecule has 4 nitrogen and oxygen atoms in total. The molecule has 0 aliphatic carbocycles. The number of nitrogens with zero attached hydrogens (tertiary/aromatic N) is 1. The molecule has 106 valence electrons. The first-order valence-electron chi connectivity index (χ1n) is 5.57. The van der Waals surface area contributed by atoms with Crippen LogP contribution < -0.4 is 0 Å². The molecule has 0 amide bonds. The van der Waals surface area contributed by atoms with Crippen LogP contribution in [0, 0.1) is 5.82 Å². The molecule has 1 heterocycles. The third-order valence-corrected chi connectivity index (χ3v) is 3.73. The van der Waals surface area contributed by atoms with Gasteiger partial charge in [-0.15, -0.1) is 0 Å². The van der Waals surface area contributed by atoms with Gasteiger partial charge in [0.05, 0.1) is 16.5 Å². The molecule has 7 heteroatoms. The van der Waals surface area contributed by atoms with Crippen molar-refractivity contribution < 1.29 is 17.9 Å². The quantitative estimate of drug-likeness (QED) is 0.945. The Morgan fingerprint density at radius 1 is 1.35 bits per heavy atom.